The Morgan fingerprint density at radius 2 is 2.18 bits per heavy atom. The van der Waals surface area contributed by atoms with Crippen molar-refractivity contribution in [2.75, 3.05) is 20.2 Å². The van der Waals surface area contributed by atoms with Crippen molar-refractivity contribution in [2.24, 2.45) is 5.92 Å². The molecule has 2 atom stereocenters. The fourth-order valence-electron chi connectivity index (χ4n) is 2.92. The van der Waals surface area contributed by atoms with E-state index in [1.165, 1.54) is 39.3 Å². The van der Waals surface area contributed by atoms with Gasteiger partial charge in [-0.15, -0.1) is 0 Å². The third-order valence-electron chi connectivity index (χ3n) is 4.24. The topological polar surface area (TPSA) is 41.6 Å². The summed E-state index contributed by atoms with van der Waals surface area (Å²) >= 11 is 0. The average molecular weight is 240 g/mol. The van der Waals surface area contributed by atoms with Gasteiger partial charge in [0.25, 0.3) is 0 Å². The molecule has 0 aromatic carbocycles. The SMILES string of the molecule is CCC1CC(NC(=O)OC)CN(C2CCC2)C1. The first-order valence-electron chi connectivity index (χ1n) is 6.81. The quantitative estimate of drug-likeness (QED) is 0.820. The smallest absolute Gasteiger partial charge is 0.407 e. The maximum absolute atomic E-state index is 11.3. The number of methoxy groups -OCH3 is 1. The van der Waals surface area contributed by atoms with Crippen molar-refractivity contribution in [3.63, 3.8) is 0 Å². The zero-order chi connectivity index (χ0) is 12.3. The van der Waals surface area contributed by atoms with E-state index >= 15 is 0 Å². The Balaban J connectivity index is 1.89. The number of nitrogens with zero attached hydrogens (tertiary/aromatic N) is 1. The minimum absolute atomic E-state index is 0.266. The summed E-state index contributed by atoms with van der Waals surface area (Å²) in [6.07, 6.45) is 6.04. The van der Waals surface area contributed by atoms with E-state index in [-0.39, 0.29) is 12.1 Å². The van der Waals surface area contributed by atoms with Crippen LogP contribution in [0.4, 0.5) is 4.79 Å². The lowest BCUT2D eigenvalue weighted by Crippen LogP contribution is -2.55. The van der Waals surface area contributed by atoms with E-state index in [1.54, 1.807) is 0 Å². The van der Waals surface area contributed by atoms with Gasteiger partial charge in [-0.3, -0.25) is 4.90 Å². The Hall–Kier alpha value is -0.770. The van der Waals surface area contributed by atoms with Crippen molar-refractivity contribution in [1.82, 2.24) is 10.2 Å². The third kappa shape index (κ3) is 3.12. The standard InChI is InChI=1S/C13H24N2O2/c1-3-10-7-11(14-13(16)17-2)9-15(8-10)12-5-4-6-12/h10-12H,3-9H2,1-2H3,(H,14,16). The zero-order valence-corrected chi connectivity index (χ0v) is 10.9. The second-order valence-corrected chi connectivity index (χ2v) is 5.38. The summed E-state index contributed by atoms with van der Waals surface area (Å²) in [6.45, 7) is 4.45. The van der Waals surface area contributed by atoms with E-state index in [0.717, 1.165) is 19.0 Å². The predicted molar refractivity (Wildman–Crippen MR) is 66.9 cm³/mol. The van der Waals surface area contributed by atoms with Gasteiger partial charge in [0.15, 0.2) is 0 Å². The first-order chi connectivity index (χ1) is 8.22. The van der Waals surface area contributed by atoms with Crippen molar-refractivity contribution >= 4 is 6.09 Å². The lowest BCUT2D eigenvalue weighted by Gasteiger charge is -2.45. The summed E-state index contributed by atoms with van der Waals surface area (Å²) in [4.78, 5) is 13.9. The van der Waals surface area contributed by atoms with Crippen LogP contribution in [0.5, 0.6) is 0 Å². The minimum atomic E-state index is -0.291. The van der Waals surface area contributed by atoms with Gasteiger partial charge in [-0.05, 0) is 25.2 Å². The molecule has 0 aromatic heterocycles. The second-order valence-electron chi connectivity index (χ2n) is 5.38. The summed E-state index contributed by atoms with van der Waals surface area (Å²) in [5, 5.41) is 2.96. The van der Waals surface area contributed by atoms with Crippen LogP contribution in [0.15, 0.2) is 0 Å². The summed E-state index contributed by atoms with van der Waals surface area (Å²) in [6, 6.07) is 1.04. The summed E-state index contributed by atoms with van der Waals surface area (Å²) in [7, 11) is 1.43. The Morgan fingerprint density at radius 3 is 2.71 bits per heavy atom. The van der Waals surface area contributed by atoms with Gasteiger partial charge in [-0.25, -0.2) is 4.79 Å². The molecular formula is C13H24N2O2. The molecule has 1 aliphatic heterocycles. The molecule has 2 unspecified atom stereocenters. The molecule has 1 heterocycles. The number of piperidine rings is 1. The first-order valence-corrected chi connectivity index (χ1v) is 6.81. The number of alkyl carbamates (subject to hydrolysis) is 1. The van der Waals surface area contributed by atoms with E-state index in [1.807, 2.05) is 0 Å². The Labute approximate surface area is 104 Å². The lowest BCUT2D eigenvalue weighted by molar-refractivity contribution is 0.0563. The summed E-state index contributed by atoms with van der Waals surface area (Å²) in [5.41, 5.74) is 0. The Morgan fingerprint density at radius 1 is 1.41 bits per heavy atom. The number of amides is 1. The van der Waals surface area contributed by atoms with Gasteiger partial charge in [-0.1, -0.05) is 19.8 Å². The molecule has 1 saturated carbocycles. The fourth-order valence-corrected chi connectivity index (χ4v) is 2.92. The molecule has 1 saturated heterocycles. The number of carbonyl (C=O) groups excluding carboxylic acids is 1. The predicted octanol–water partition coefficient (Wildman–Crippen LogP) is 2.00. The summed E-state index contributed by atoms with van der Waals surface area (Å²) in [5.74, 6) is 0.714. The van der Waals surface area contributed by atoms with Crippen LogP contribution >= 0.6 is 0 Å². The van der Waals surface area contributed by atoms with Crippen LogP contribution < -0.4 is 5.32 Å². The van der Waals surface area contributed by atoms with Crippen molar-refractivity contribution < 1.29 is 9.53 Å². The van der Waals surface area contributed by atoms with Crippen LogP contribution in [0, 0.1) is 5.92 Å². The number of ether oxygens (including phenoxy) is 1. The van der Waals surface area contributed by atoms with Crippen molar-refractivity contribution in [3.8, 4) is 0 Å². The van der Waals surface area contributed by atoms with E-state index < -0.39 is 0 Å². The maximum atomic E-state index is 11.3. The van der Waals surface area contributed by atoms with E-state index in [9.17, 15) is 4.79 Å². The minimum Gasteiger partial charge on any atom is -0.453 e. The molecule has 1 amide bonds. The Bertz CT molecular complexity index is 266. The molecule has 0 bridgehead atoms. The molecular weight excluding hydrogens is 216 g/mol. The summed E-state index contributed by atoms with van der Waals surface area (Å²) < 4.78 is 4.69. The normalized spacial score (nSPS) is 30.7. The van der Waals surface area contributed by atoms with Crippen LogP contribution in [-0.4, -0.2) is 43.3 Å². The molecule has 98 valence electrons. The van der Waals surface area contributed by atoms with E-state index in [4.69, 9.17) is 0 Å². The molecule has 1 N–H and O–H groups in total. The molecule has 0 aromatic rings. The van der Waals surface area contributed by atoms with Crippen LogP contribution in [0.2, 0.25) is 0 Å². The van der Waals surface area contributed by atoms with Crippen LogP contribution in [0.3, 0.4) is 0 Å². The molecule has 4 heteroatoms. The van der Waals surface area contributed by atoms with Gasteiger partial charge >= 0.3 is 6.09 Å². The fraction of sp³-hybridized carbons (Fsp3) is 0.923. The van der Waals surface area contributed by atoms with Crippen molar-refractivity contribution in [3.05, 3.63) is 0 Å². The zero-order valence-electron chi connectivity index (χ0n) is 10.9. The highest BCUT2D eigenvalue weighted by molar-refractivity contribution is 5.67. The highest BCUT2D eigenvalue weighted by Crippen LogP contribution is 2.30. The molecule has 2 aliphatic rings. The molecule has 2 rings (SSSR count). The highest BCUT2D eigenvalue weighted by Gasteiger charge is 2.33. The molecule has 4 nitrogen and oxygen atoms in total. The number of rotatable bonds is 3. The number of nitrogens with one attached hydrogen (secondary N) is 1. The van der Waals surface area contributed by atoms with E-state index in [0.29, 0.717) is 5.92 Å². The van der Waals surface area contributed by atoms with Crippen LogP contribution in [0.25, 0.3) is 0 Å². The van der Waals surface area contributed by atoms with Gasteiger partial charge in [0.05, 0.1) is 7.11 Å². The average Bonchev–Trinajstić information content (AvgIpc) is 2.26. The molecule has 1 aliphatic carbocycles. The molecule has 2 fully saturated rings. The van der Waals surface area contributed by atoms with Gasteiger partial charge in [-0.2, -0.15) is 0 Å². The molecule has 17 heavy (non-hydrogen) atoms. The van der Waals surface area contributed by atoms with Gasteiger partial charge in [0.1, 0.15) is 0 Å². The third-order valence-corrected chi connectivity index (χ3v) is 4.24. The number of hydrogen-bond acceptors (Lipinski definition) is 3. The first kappa shape index (κ1) is 12.7. The monoisotopic (exact) mass is 240 g/mol. The largest absolute Gasteiger partial charge is 0.453 e. The van der Waals surface area contributed by atoms with Gasteiger partial charge in [0, 0.05) is 25.2 Å². The second kappa shape index (κ2) is 5.71. The lowest BCUT2D eigenvalue weighted by atomic mass is 9.85. The number of carbonyl (C=O) groups is 1. The van der Waals surface area contributed by atoms with E-state index in [2.05, 4.69) is 21.9 Å². The number of hydrogen-bond donors (Lipinski definition) is 1. The van der Waals surface area contributed by atoms with Crippen molar-refractivity contribution in [1.29, 1.82) is 0 Å². The van der Waals surface area contributed by atoms with Crippen LogP contribution in [0.1, 0.15) is 39.0 Å². The highest BCUT2D eigenvalue weighted by atomic mass is 16.5. The van der Waals surface area contributed by atoms with Gasteiger partial charge < -0.3 is 10.1 Å². The van der Waals surface area contributed by atoms with Crippen molar-refractivity contribution in [2.45, 2.75) is 51.1 Å². The van der Waals surface area contributed by atoms with Crippen LogP contribution in [-0.2, 0) is 4.74 Å². The Kier molecular flexibility index (Phi) is 4.26. The van der Waals surface area contributed by atoms with Gasteiger partial charge in [0.2, 0.25) is 0 Å². The number of likely N-dealkylation sites (tertiary alicyclic amines) is 1. The maximum Gasteiger partial charge on any atom is 0.407 e. The molecule has 0 radical (unpaired) electrons. The molecule has 0 spiro atoms.